The van der Waals surface area contributed by atoms with Crippen LogP contribution in [0.4, 0.5) is 17.2 Å². The molecule has 1 amide bonds. The van der Waals surface area contributed by atoms with Crippen molar-refractivity contribution in [2.24, 2.45) is 0 Å². The lowest BCUT2D eigenvalue weighted by Gasteiger charge is -2.16. The third-order valence-electron chi connectivity index (χ3n) is 3.58. The van der Waals surface area contributed by atoms with Crippen molar-refractivity contribution in [2.75, 3.05) is 17.3 Å². The molecule has 0 saturated heterocycles. The van der Waals surface area contributed by atoms with E-state index in [9.17, 15) is 4.79 Å². The third kappa shape index (κ3) is 3.79. The van der Waals surface area contributed by atoms with Crippen molar-refractivity contribution in [1.29, 1.82) is 5.26 Å². The highest BCUT2D eigenvalue weighted by molar-refractivity contribution is 6.04. The van der Waals surface area contributed by atoms with Gasteiger partial charge in [0.1, 0.15) is 11.5 Å². The van der Waals surface area contributed by atoms with Crippen LogP contribution in [0.1, 0.15) is 16.1 Å². The van der Waals surface area contributed by atoms with Crippen LogP contribution in [0.25, 0.3) is 0 Å². The minimum absolute atomic E-state index is 0.239. The van der Waals surface area contributed by atoms with Crippen molar-refractivity contribution in [1.82, 2.24) is 9.97 Å². The van der Waals surface area contributed by atoms with E-state index in [4.69, 9.17) is 5.26 Å². The van der Waals surface area contributed by atoms with Crippen LogP contribution in [0.15, 0.2) is 67.0 Å². The first-order chi connectivity index (χ1) is 12.2. The van der Waals surface area contributed by atoms with Crippen LogP contribution in [-0.2, 0) is 0 Å². The highest BCUT2D eigenvalue weighted by Gasteiger charge is 2.15. The van der Waals surface area contributed by atoms with Gasteiger partial charge in [0.2, 0.25) is 0 Å². The number of hydrogen-bond donors (Lipinski definition) is 1. The summed E-state index contributed by atoms with van der Waals surface area (Å²) in [5, 5.41) is 12.0. The topological polar surface area (TPSA) is 81.9 Å². The fourth-order valence-electron chi connectivity index (χ4n) is 2.26. The fourth-order valence-corrected chi connectivity index (χ4v) is 2.26. The summed E-state index contributed by atoms with van der Waals surface area (Å²) in [5.41, 5.74) is 2.32. The number of aromatic nitrogens is 2. The number of nitrogens with one attached hydrogen (secondary N) is 1. The molecule has 0 aliphatic rings. The van der Waals surface area contributed by atoms with Crippen molar-refractivity contribution in [3.63, 3.8) is 0 Å². The van der Waals surface area contributed by atoms with Gasteiger partial charge in [-0.05, 0) is 30.3 Å². The summed E-state index contributed by atoms with van der Waals surface area (Å²) in [6, 6.07) is 18.4. The molecule has 0 saturated carbocycles. The quantitative estimate of drug-likeness (QED) is 0.793. The number of para-hydroxylation sites is 1. The van der Waals surface area contributed by atoms with Crippen molar-refractivity contribution >= 4 is 23.1 Å². The van der Waals surface area contributed by atoms with Crippen LogP contribution < -0.4 is 10.2 Å². The molecule has 0 spiro atoms. The largest absolute Gasteiger partial charge is 0.339 e. The van der Waals surface area contributed by atoms with E-state index in [0.717, 1.165) is 11.4 Å². The molecule has 0 fully saturated rings. The Morgan fingerprint density at radius 1 is 1.08 bits per heavy atom. The molecule has 122 valence electrons. The Hall–Kier alpha value is -3.72. The molecule has 6 heteroatoms. The van der Waals surface area contributed by atoms with E-state index in [1.807, 2.05) is 36.4 Å². The molecule has 6 nitrogen and oxygen atoms in total. The van der Waals surface area contributed by atoms with Crippen LogP contribution in [0.5, 0.6) is 0 Å². The van der Waals surface area contributed by atoms with E-state index in [1.54, 1.807) is 25.2 Å². The second-order valence-corrected chi connectivity index (χ2v) is 5.30. The molecular formula is C19H15N5O. The number of carbonyl (C=O) groups is 1. The zero-order chi connectivity index (χ0) is 17.6. The number of rotatable bonds is 4. The summed E-state index contributed by atoms with van der Waals surface area (Å²) in [4.78, 5) is 22.4. The van der Waals surface area contributed by atoms with Gasteiger partial charge < -0.3 is 10.2 Å². The van der Waals surface area contributed by atoms with Gasteiger partial charge in [-0.25, -0.2) is 9.97 Å². The van der Waals surface area contributed by atoms with E-state index in [2.05, 4.69) is 21.4 Å². The summed E-state index contributed by atoms with van der Waals surface area (Å²) in [6.45, 7) is 0. The van der Waals surface area contributed by atoms with Crippen molar-refractivity contribution in [2.45, 2.75) is 0 Å². The summed E-state index contributed by atoms with van der Waals surface area (Å²) in [6.07, 6.45) is 2.92. The molecule has 0 atom stereocenters. The molecule has 0 radical (unpaired) electrons. The van der Waals surface area contributed by atoms with Gasteiger partial charge in [0.05, 0.1) is 24.0 Å². The minimum Gasteiger partial charge on any atom is -0.339 e. The van der Waals surface area contributed by atoms with Crippen molar-refractivity contribution in [3.05, 3.63) is 78.2 Å². The molecule has 0 bridgehead atoms. The lowest BCUT2D eigenvalue weighted by molar-refractivity contribution is 0.0988. The van der Waals surface area contributed by atoms with Crippen molar-refractivity contribution < 1.29 is 4.79 Å². The van der Waals surface area contributed by atoms with Gasteiger partial charge in [-0.2, -0.15) is 5.26 Å². The molecule has 1 N–H and O–H groups in total. The zero-order valence-corrected chi connectivity index (χ0v) is 13.5. The lowest BCUT2D eigenvalue weighted by Crippen LogP contribution is -2.27. The van der Waals surface area contributed by atoms with E-state index in [0.29, 0.717) is 11.4 Å². The Kier molecular flexibility index (Phi) is 4.67. The van der Waals surface area contributed by atoms with Gasteiger partial charge in [-0.1, -0.05) is 24.3 Å². The van der Waals surface area contributed by atoms with Gasteiger partial charge in [0.25, 0.3) is 5.91 Å². The Bertz CT molecular complexity index is 917. The summed E-state index contributed by atoms with van der Waals surface area (Å²) >= 11 is 0. The molecule has 0 unspecified atom stereocenters. The standard InChI is InChI=1S/C19H15N5O/c1-24(16-8-3-2-4-9-16)19(25)17-12-22-18(13-21-17)23-15-7-5-6-14(10-15)11-20/h2-10,12-13H,1H3,(H,22,23). The van der Waals surface area contributed by atoms with E-state index >= 15 is 0 Å². The smallest absolute Gasteiger partial charge is 0.278 e. The number of carbonyl (C=O) groups excluding carboxylic acids is 1. The number of nitriles is 1. The highest BCUT2D eigenvalue weighted by atomic mass is 16.2. The van der Waals surface area contributed by atoms with Gasteiger partial charge in [-0.15, -0.1) is 0 Å². The number of benzene rings is 2. The van der Waals surface area contributed by atoms with Gasteiger partial charge in [0.15, 0.2) is 0 Å². The molecule has 0 aliphatic heterocycles. The minimum atomic E-state index is -0.239. The number of nitrogens with zero attached hydrogens (tertiary/aromatic N) is 4. The number of amides is 1. The highest BCUT2D eigenvalue weighted by Crippen LogP contribution is 2.17. The predicted octanol–water partition coefficient (Wildman–Crippen LogP) is 3.37. The first kappa shape index (κ1) is 16.1. The third-order valence-corrected chi connectivity index (χ3v) is 3.58. The maximum Gasteiger partial charge on any atom is 0.278 e. The Morgan fingerprint density at radius 2 is 1.88 bits per heavy atom. The van der Waals surface area contributed by atoms with Crippen LogP contribution >= 0.6 is 0 Å². The fraction of sp³-hybridized carbons (Fsp3) is 0.0526. The molecule has 1 heterocycles. The summed E-state index contributed by atoms with van der Waals surface area (Å²) in [7, 11) is 1.69. The normalized spacial score (nSPS) is 9.92. The molecule has 3 aromatic rings. The van der Waals surface area contributed by atoms with Crippen LogP contribution in [0, 0.1) is 11.3 Å². The predicted molar refractivity (Wildman–Crippen MR) is 95.6 cm³/mol. The monoisotopic (exact) mass is 329 g/mol. The van der Waals surface area contributed by atoms with Crippen molar-refractivity contribution in [3.8, 4) is 6.07 Å². The second-order valence-electron chi connectivity index (χ2n) is 5.30. The summed E-state index contributed by atoms with van der Waals surface area (Å²) < 4.78 is 0. The summed E-state index contributed by atoms with van der Waals surface area (Å²) in [5.74, 6) is 0.255. The SMILES string of the molecule is CN(C(=O)c1cnc(Nc2cccc(C#N)c2)cn1)c1ccccc1. The van der Waals surface area contributed by atoms with Gasteiger partial charge >= 0.3 is 0 Å². The average molecular weight is 329 g/mol. The molecule has 1 aromatic heterocycles. The Balaban J connectivity index is 1.73. The maximum absolute atomic E-state index is 12.5. The molecule has 3 rings (SSSR count). The molecule has 25 heavy (non-hydrogen) atoms. The van der Waals surface area contributed by atoms with E-state index in [1.165, 1.54) is 17.3 Å². The second kappa shape index (κ2) is 7.23. The van der Waals surface area contributed by atoms with Crippen LogP contribution in [0.3, 0.4) is 0 Å². The molecule has 2 aromatic carbocycles. The average Bonchev–Trinajstić information content (AvgIpc) is 2.68. The molecular weight excluding hydrogens is 314 g/mol. The number of anilines is 3. The number of hydrogen-bond acceptors (Lipinski definition) is 5. The first-order valence-electron chi connectivity index (χ1n) is 7.60. The zero-order valence-electron chi connectivity index (χ0n) is 13.5. The maximum atomic E-state index is 12.5. The van der Waals surface area contributed by atoms with E-state index < -0.39 is 0 Å². The van der Waals surface area contributed by atoms with Crippen LogP contribution in [-0.4, -0.2) is 22.9 Å². The van der Waals surface area contributed by atoms with Crippen LogP contribution in [0.2, 0.25) is 0 Å². The molecule has 0 aliphatic carbocycles. The van der Waals surface area contributed by atoms with Gasteiger partial charge in [-0.3, -0.25) is 4.79 Å². The lowest BCUT2D eigenvalue weighted by atomic mass is 10.2. The van der Waals surface area contributed by atoms with Gasteiger partial charge in [0, 0.05) is 18.4 Å². The first-order valence-corrected chi connectivity index (χ1v) is 7.60. The van der Waals surface area contributed by atoms with E-state index in [-0.39, 0.29) is 11.6 Å². The Morgan fingerprint density at radius 3 is 2.56 bits per heavy atom. The Labute approximate surface area is 145 Å².